The van der Waals surface area contributed by atoms with Gasteiger partial charge in [-0.05, 0) is 31.3 Å². The Balaban J connectivity index is 2.10. The Morgan fingerprint density at radius 1 is 1.15 bits per heavy atom. The molecule has 1 aromatic rings. The lowest BCUT2D eigenvalue weighted by atomic mass is 10.1. The predicted octanol–water partition coefficient (Wildman–Crippen LogP) is 0.497. The van der Waals surface area contributed by atoms with Crippen molar-refractivity contribution in [3.63, 3.8) is 0 Å². The van der Waals surface area contributed by atoms with Crippen LogP contribution in [0.3, 0.4) is 0 Å². The summed E-state index contributed by atoms with van der Waals surface area (Å²) in [5.74, 6) is -0.540. The molecule has 1 aliphatic rings. The number of thiocarbonyl (C=S) groups is 1. The van der Waals surface area contributed by atoms with Gasteiger partial charge in [-0.15, -0.1) is 0 Å². The number of esters is 1. The molecule has 1 aromatic carbocycles. The molecule has 1 fully saturated rings. The van der Waals surface area contributed by atoms with Gasteiger partial charge in [-0.1, -0.05) is 0 Å². The van der Waals surface area contributed by atoms with Crippen molar-refractivity contribution in [1.29, 1.82) is 0 Å². The van der Waals surface area contributed by atoms with E-state index < -0.39 is 17.9 Å². The summed E-state index contributed by atoms with van der Waals surface area (Å²) < 4.78 is 26.0. The maximum atomic E-state index is 12.9. The van der Waals surface area contributed by atoms with Crippen LogP contribution < -0.4 is 24.8 Å². The summed E-state index contributed by atoms with van der Waals surface area (Å²) in [5.41, 5.74) is 0.209. The fraction of sp³-hybridized carbons (Fsp3) is 0.524. The highest BCUT2D eigenvalue weighted by molar-refractivity contribution is 7.80. The fourth-order valence-electron chi connectivity index (χ4n) is 3.19. The van der Waals surface area contributed by atoms with E-state index in [0.717, 1.165) is 0 Å². The summed E-state index contributed by atoms with van der Waals surface area (Å²) in [6.07, 6.45) is -0.224. The summed E-state index contributed by atoms with van der Waals surface area (Å²) in [6.45, 7) is 3.33. The Morgan fingerprint density at radius 3 is 2.39 bits per heavy atom. The minimum atomic E-state index is -0.911. The second-order valence-corrected chi connectivity index (χ2v) is 7.18. The molecular formula is C21H29N3O8S. The molecule has 1 heterocycles. The molecule has 2 amide bonds. The lowest BCUT2D eigenvalue weighted by molar-refractivity contribution is -0.148. The molecule has 1 unspecified atom stereocenters. The minimum absolute atomic E-state index is 0.00992. The summed E-state index contributed by atoms with van der Waals surface area (Å²) in [4.78, 5) is 38.9. The molecule has 2 rings (SSSR count). The molecule has 0 spiro atoms. The van der Waals surface area contributed by atoms with Crippen molar-refractivity contribution in [3.8, 4) is 17.2 Å². The summed E-state index contributed by atoms with van der Waals surface area (Å²) in [5, 5.41) is 5.31. The molecule has 2 N–H and O–H groups in total. The largest absolute Gasteiger partial charge is 0.493 e. The van der Waals surface area contributed by atoms with Gasteiger partial charge in [0.05, 0.1) is 34.4 Å². The van der Waals surface area contributed by atoms with Gasteiger partial charge in [-0.25, -0.2) is 0 Å². The third kappa shape index (κ3) is 6.93. The van der Waals surface area contributed by atoms with Crippen molar-refractivity contribution >= 4 is 35.1 Å². The normalized spacial score (nSPS) is 15.3. The van der Waals surface area contributed by atoms with Crippen molar-refractivity contribution in [1.82, 2.24) is 15.5 Å². The number of carbonyl (C=O) groups excluding carboxylic acids is 3. The molecule has 0 saturated carbocycles. The molecule has 11 nitrogen and oxygen atoms in total. The zero-order valence-electron chi connectivity index (χ0n) is 19.1. The predicted molar refractivity (Wildman–Crippen MR) is 122 cm³/mol. The monoisotopic (exact) mass is 483 g/mol. The first-order chi connectivity index (χ1) is 15.9. The number of methoxy groups -OCH3 is 3. The van der Waals surface area contributed by atoms with Crippen molar-refractivity contribution in [3.05, 3.63) is 17.7 Å². The van der Waals surface area contributed by atoms with Gasteiger partial charge >= 0.3 is 5.97 Å². The van der Waals surface area contributed by atoms with Crippen molar-refractivity contribution < 1.29 is 38.1 Å². The van der Waals surface area contributed by atoms with E-state index in [0.29, 0.717) is 36.9 Å². The smallest absolute Gasteiger partial charge is 0.308 e. The van der Waals surface area contributed by atoms with E-state index >= 15 is 0 Å². The van der Waals surface area contributed by atoms with Crippen LogP contribution in [0.15, 0.2) is 12.1 Å². The van der Waals surface area contributed by atoms with Crippen LogP contribution in [-0.2, 0) is 19.1 Å². The summed E-state index contributed by atoms with van der Waals surface area (Å²) in [7, 11) is 4.33. The van der Waals surface area contributed by atoms with Crippen LogP contribution in [0.2, 0.25) is 0 Å². The van der Waals surface area contributed by atoms with Gasteiger partial charge in [-0.3, -0.25) is 19.7 Å². The molecule has 1 atom stereocenters. The van der Waals surface area contributed by atoms with Gasteiger partial charge in [0.2, 0.25) is 11.7 Å². The number of amides is 2. The average molecular weight is 484 g/mol. The molecule has 0 bridgehead atoms. The lowest BCUT2D eigenvalue weighted by Crippen LogP contribution is -2.60. The molecule has 1 aliphatic heterocycles. The van der Waals surface area contributed by atoms with Crippen LogP contribution in [-0.4, -0.2) is 88.1 Å². The number of rotatable bonds is 10. The Labute approximate surface area is 197 Å². The van der Waals surface area contributed by atoms with E-state index in [1.807, 2.05) is 6.92 Å². The van der Waals surface area contributed by atoms with E-state index in [1.165, 1.54) is 38.4 Å². The Kier molecular flexibility index (Phi) is 10.1. The van der Waals surface area contributed by atoms with Crippen molar-refractivity contribution in [2.24, 2.45) is 0 Å². The average Bonchev–Trinajstić information content (AvgIpc) is 2.81. The number of benzene rings is 1. The zero-order chi connectivity index (χ0) is 24.4. The lowest BCUT2D eigenvalue weighted by Gasteiger charge is -2.36. The van der Waals surface area contributed by atoms with Gasteiger partial charge in [0.15, 0.2) is 16.6 Å². The van der Waals surface area contributed by atoms with Crippen LogP contribution in [0.4, 0.5) is 0 Å². The highest BCUT2D eigenvalue weighted by Crippen LogP contribution is 2.38. The number of ether oxygens (including phenoxy) is 5. The first kappa shape index (κ1) is 26.1. The van der Waals surface area contributed by atoms with Crippen LogP contribution >= 0.6 is 12.2 Å². The summed E-state index contributed by atoms with van der Waals surface area (Å²) in [6, 6.07) is 2.05. The van der Waals surface area contributed by atoms with Crippen molar-refractivity contribution in [2.45, 2.75) is 19.4 Å². The quantitative estimate of drug-likeness (QED) is 0.276. The maximum absolute atomic E-state index is 12.9. The van der Waals surface area contributed by atoms with Crippen molar-refractivity contribution in [2.75, 3.05) is 54.2 Å². The molecule has 33 heavy (non-hydrogen) atoms. The molecule has 0 radical (unpaired) electrons. The van der Waals surface area contributed by atoms with Crippen LogP contribution in [0.25, 0.3) is 0 Å². The van der Waals surface area contributed by atoms with E-state index in [2.05, 4.69) is 10.6 Å². The van der Waals surface area contributed by atoms with Crippen LogP contribution in [0.1, 0.15) is 23.7 Å². The zero-order valence-corrected chi connectivity index (χ0v) is 19.9. The molecule has 0 aliphatic carbocycles. The standard InChI is InChI=1S/C21H29N3O8S/c1-5-31-8-9-32-17(25)12-14-20(27)22-6-7-24(14)21(33)23-19(26)13-10-15(28-2)18(30-4)16(11-13)29-3/h10-11,14H,5-9,12H2,1-4H3,(H,22,27)(H,23,26,33). The molecule has 182 valence electrons. The number of carbonyl (C=O) groups is 3. The number of nitrogens with zero attached hydrogens (tertiary/aromatic N) is 1. The Morgan fingerprint density at radius 2 is 1.82 bits per heavy atom. The molecular weight excluding hydrogens is 454 g/mol. The number of hydrogen-bond donors (Lipinski definition) is 2. The van der Waals surface area contributed by atoms with Gasteiger partial charge in [-0.2, -0.15) is 0 Å². The second kappa shape index (κ2) is 12.8. The SMILES string of the molecule is CCOCCOC(=O)CC1C(=O)NCCN1C(=S)NC(=O)c1cc(OC)c(OC)c(OC)c1. The van der Waals surface area contributed by atoms with Gasteiger partial charge in [0.25, 0.3) is 5.91 Å². The fourth-order valence-corrected chi connectivity index (χ4v) is 3.50. The highest BCUT2D eigenvalue weighted by atomic mass is 32.1. The Bertz CT molecular complexity index is 854. The second-order valence-electron chi connectivity index (χ2n) is 6.80. The summed E-state index contributed by atoms with van der Waals surface area (Å²) >= 11 is 5.38. The number of nitrogens with one attached hydrogen (secondary N) is 2. The minimum Gasteiger partial charge on any atom is -0.493 e. The van der Waals surface area contributed by atoms with E-state index in [-0.39, 0.29) is 36.2 Å². The van der Waals surface area contributed by atoms with Gasteiger partial charge in [0.1, 0.15) is 12.6 Å². The van der Waals surface area contributed by atoms with E-state index in [9.17, 15) is 14.4 Å². The third-order valence-electron chi connectivity index (χ3n) is 4.79. The van der Waals surface area contributed by atoms with Crippen LogP contribution in [0.5, 0.6) is 17.2 Å². The first-order valence-electron chi connectivity index (χ1n) is 10.3. The topological polar surface area (TPSA) is 125 Å². The van der Waals surface area contributed by atoms with Crippen LogP contribution in [0, 0.1) is 0 Å². The first-order valence-corrected chi connectivity index (χ1v) is 10.7. The third-order valence-corrected chi connectivity index (χ3v) is 5.13. The van der Waals surface area contributed by atoms with Gasteiger partial charge in [0, 0.05) is 25.3 Å². The van der Waals surface area contributed by atoms with E-state index in [1.54, 1.807) is 0 Å². The van der Waals surface area contributed by atoms with Gasteiger partial charge < -0.3 is 33.9 Å². The maximum Gasteiger partial charge on any atom is 0.308 e. The highest BCUT2D eigenvalue weighted by Gasteiger charge is 2.34. The number of piperazine rings is 1. The molecule has 12 heteroatoms. The van der Waals surface area contributed by atoms with E-state index in [4.69, 9.17) is 35.9 Å². The Hall–Kier alpha value is -3.12. The molecule has 0 aromatic heterocycles. The molecule has 1 saturated heterocycles. The number of hydrogen-bond acceptors (Lipinski definition) is 9.